The van der Waals surface area contributed by atoms with Gasteiger partial charge in [-0.25, -0.2) is 4.79 Å². The van der Waals surface area contributed by atoms with Crippen LogP contribution in [0.1, 0.15) is 66.2 Å². The Morgan fingerprint density at radius 2 is 1.97 bits per heavy atom. The van der Waals surface area contributed by atoms with Gasteiger partial charge in [0, 0.05) is 29.8 Å². The average molecular weight is 476 g/mol. The third kappa shape index (κ3) is 4.59. The molecule has 0 bridgehead atoms. The van der Waals surface area contributed by atoms with Crippen molar-refractivity contribution in [3.63, 3.8) is 0 Å². The molecule has 1 aliphatic carbocycles. The number of hydrogen-bond acceptors (Lipinski definition) is 5. The summed E-state index contributed by atoms with van der Waals surface area (Å²) < 4.78 is 11.0. The summed E-state index contributed by atoms with van der Waals surface area (Å²) >= 11 is 0. The molecule has 0 spiro atoms. The largest absolute Gasteiger partial charge is 0.494 e. The molecule has 7 heteroatoms. The summed E-state index contributed by atoms with van der Waals surface area (Å²) in [4.78, 5) is 27.7. The number of nitrogens with one attached hydrogen (secondary N) is 2. The van der Waals surface area contributed by atoms with Crippen LogP contribution < -0.4 is 15.4 Å². The lowest BCUT2D eigenvalue weighted by Crippen LogP contribution is -2.40. The lowest BCUT2D eigenvalue weighted by Gasteiger charge is -2.40. The van der Waals surface area contributed by atoms with Gasteiger partial charge in [0.25, 0.3) is 5.91 Å². The van der Waals surface area contributed by atoms with Crippen LogP contribution in [0, 0.1) is 5.92 Å². The summed E-state index contributed by atoms with van der Waals surface area (Å²) in [5.74, 6) is 0.926. The number of likely N-dealkylation sites (tertiary alicyclic amines) is 1. The Labute approximate surface area is 206 Å². The zero-order chi connectivity index (χ0) is 24.4. The minimum Gasteiger partial charge on any atom is -0.494 e. The first-order valence-corrected chi connectivity index (χ1v) is 12.6. The number of carbonyl (C=O) groups is 2. The second-order valence-electron chi connectivity index (χ2n) is 9.48. The Morgan fingerprint density at radius 1 is 1.17 bits per heavy atom. The molecule has 2 fully saturated rings. The van der Waals surface area contributed by atoms with Crippen LogP contribution in [0.15, 0.2) is 55.1 Å². The molecular weight excluding hydrogens is 442 g/mol. The smallest absolute Gasteiger partial charge is 0.410 e. The Bertz CT molecular complexity index is 1100. The Morgan fingerprint density at radius 3 is 2.66 bits per heavy atom. The number of rotatable bonds is 7. The number of benzene rings is 2. The molecule has 2 aromatic rings. The molecule has 5 rings (SSSR count). The van der Waals surface area contributed by atoms with Gasteiger partial charge in [-0.2, -0.15) is 0 Å². The predicted octanol–water partition coefficient (Wildman–Crippen LogP) is 5.22. The number of hydrogen-bond donors (Lipinski definition) is 2. The van der Waals surface area contributed by atoms with Crippen molar-refractivity contribution in [2.24, 2.45) is 5.92 Å². The van der Waals surface area contributed by atoms with Gasteiger partial charge >= 0.3 is 6.09 Å². The van der Waals surface area contributed by atoms with E-state index in [1.54, 1.807) is 6.08 Å². The second kappa shape index (κ2) is 10.0. The van der Waals surface area contributed by atoms with Crippen molar-refractivity contribution < 1.29 is 19.1 Å². The van der Waals surface area contributed by atoms with E-state index < -0.39 is 0 Å². The average Bonchev–Trinajstić information content (AvgIpc) is 3.30. The Kier molecular flexibility index (Phi) is 6.66. The molecule has 2 aromatic carbocycles. The highest BCUT2D eigenvalue weighted by molar-refractivity contribution is 5.95. The number of fused-ring (bicyclic) bond motifs is 3. The van der Waals surface area contributed by atoms with Gasteiger partial charge in [0.05, 0.1) is 18.7 Å². The van der Waals surface area contributed by atoms with E-state index >= 15 is 0 Å². The summed E-state index contributed by atoms with van der Waals surface area (Å²) in [7, 11) is 0. The van der Waals surface area contributed by atoms with Crippen LogP contribution >= 0.6 is 0 Å². The van der Waals surface area contributed by atoms with Crippen molar-refractivity contribution in [3.05, 3.63) is 71.8 Å². The van der Waals surface area contributed by atoms with Crippen LogP contribution in [-0.4, -0.2) is 42.7 Å². The SMILES string of the molecule is C=CCOC(=O)N1CCC2C(c3ccc(OCC)cc3)Nc3ccc(C(=O)NC4CCC4)cc3C21. The van der Waals surface area contributed by atoms with Crippen LogP contribution in [0.25, 0.3) is 0 Å². The Hall–Kier alpha value is -3.48. The summed E-state index contributed by atoms with van der Waals surface area (Å²) in [6, 6.07) is 14.0. The van der Waals surface area contributed by atoms with Crippen LogP contribution in [0.3, 0.4) is 0 Å². The first kappa shape index (κ1) is 23.3. The van der Waals surface area contributed by atoms with Crippen LogP contribution in [0.2, 0.25) is 0 Å². The van der Waals surface area contributed by atoms with Gasteiger partial charge in [-0.1, -0.05) is 24.8 Å². The number of anilines is 1. The molecule has 3 aliphatic rings. The van der Waals surface area contributed by atoms with Gasteiger partial charge in [-0.05, 0) is 74.1 Å². The molecule has 0 aromatic heterocycles. The lowest BCUT2D eigenvalue weighted by molar-refractivity contribution is 0.0916. The summed E-state index contributed by atoms with van der Waals surface area (Å²) in [6.45, 7) is 7.01. The van der Waals surface area contributed by atoms with Gasteiger partial charge < -0.3 is 25.0 Å². The van der Waals surface area contributed by atoms with Gasteiger partial charge in [0.15, 0.2) is 0 Å². The van der Waals surface area contributed by atoms with E-state index in [-0.39, 0.29) is 42.7 Å². The van der Waals surface area contributed by atoms with E-state index in [1.807, 2.05) is 42.2 Å². The minimum atomic E-state index is -0.347. The summed E-state index contributed by atoms with van der Waals surface area (Å²) in [6.07, 6.45) is 5.30. The normalized spacial score (nSPS) is 22.8. The molecular formula is C28H33N3O4. The first-order valence-electron chi connectivity index (χ1n) is 12.6. The molecule has 1 saturated carbocycles. The maximum absolute atomic E-state index is 13.0. The highest BCUT2D eigenvalue weighted by Crippen LogP contribution is 2.51. The highest BCUT2D eigenvalue weighted by Gasteiger charge is 2.47. The van der Waals surface area contributed by atoms with Gasteiger partial charge in [-0.3, -0.25) is 4.79 Å². The molecule has 3 atom stereocenters. The maximum atomic E-state index is 13.0. The van der Waals surface area contributed by atoms with E-state index in [2.05, 4.69) is 29.3 Å². The van der Waals surface area contributed by atoms with E-state index in [4.69, 9.17) is 9.47 Å². The van der Waals surface area contributed by atoms with Crippen LogP contribution in [0.4, 0.5) is 10.5 Å². The maximum Gasteiger partial charge on any atom is 0.410 e. The third-order valence-corrected chi connectivity index (χ3v) is 7.37. The first-order chi connectivity index (χ1) is 17.1. The predicted molar refractivity (Wildman–Crippen MR) is 135 cm³/mol. The number of ether oxygens (including phenoxy) is 2. The van der Waals surface area contributed by atoms with Crippen molar-refractivity contribution >= 4 is 17.7 Å². The van der Waals surface area contributed by atoms with Gasteiger partial charge in [-0.15, -0.1) is 0 Å². The molecule has 7 nitrogen and oxygen atoms in total. The fraction of sp³-hybridized carbons (Fsp3) is 0.429. The number of amides is 2. The summed E-state index contributed by atoms with van der Waals surface area (Å²) in [5, 5.41) is 6.82. The van der Waals surface area contributed by atoms with Crippen molar-refractivity contribution in [1.29, 1.82) is 0 Å². The van der Waals surface area contributed by atoms with Crippen molar-refractivity contribution in [2.75, 3.05) is 25.1 Å². The topological polar surface area (TPSA) is 79.9 Å². The van der Waals surface area contributed by atoms with E-state index in [0.29, 0.717) is 18.7 Å². The standard InChI is InChI=1S/C28H33N3O4/c1-3-16-35-28(33)31-15-14-22-25(18-8-11-21(12-9-18)34-4-2)30-24-13-10-19(17-23(24)26(22)31)27(32)29-20-6-5-7-20/h3,8-13,17,20,22,25-26,30H,1,4-7,14-16H2,2H3,(H,29,32). The minimum absolute atomic E-state index is 0.0232. The molecule has 2 N–H and O–H groups in total. The van der Waals surface area contributed by atoms with E-state index in [1.165, 1.54) is 0 Å². The quantitative estimate of drug-likeness (QED) is 0.537. The van der Waals surface area contributed by atoms with Crippen LogP contribution in [-0.2, 0) is 4.74 Å². The van der Waals surface area contributed by atoms with Gasteiger partial charge in [0.1, 0.15) is 12.4 Å². The summed E-state index contributed by atoms with van der Waals surface area (Å²) in [5.41, 5.74) is 3.67. The molecule has 2 aliphatic heterocycles. The molecule has 184 valence electrons. The lowest BCUT2D eigenvalue weighted by atomic mass is 9.79. The molecule has 2 heterocycles. The zero-order valence-electron chi connectivity index (χ0n) is 20.2. The molecule has 0 radical (unpaired) electrons. The van der Waals surface area contributed by atoms with E-state index in [9.17, 15) is 9.59 Å². The second-order valence-corrected chi connectivity index (χ2v) is 9.48. The molecule has 35 heavy (non-hydrogen) atoms. The van der Waals surface area contributed by atoms with Crippen LogP contribution in [0.5, 0.6) is 5.75 Å². The monoisotopic (exact) mass is 475 g/mol. The fourth-order valence-corrected chi connectivity index (χ4v) is 5.43. The number of nitrogens with zero attached hydrogens (tertiary/aromatic N) is 1. The molecule has 1 saturated heterocycles. The van der Waals surface area contributed by atoms with Gasteiger partial charge in [0.2, 0.25) is 0 Å². The number of carbonyl (C=O) groups excluding carboxylic acids is 2. The zero-order valence-corrected chi connectivity index (χ0v) is 20.2. The van der Waals surface area contributed by atoms with Crippen molar-refractivity contribution in [2.45, 2.75) is 50.7 Å². The molecule has 2 amide bonds. The Balaban J connectivity index is 1.48. The van der Waals surface area contributed by atoms with Crippen molar-refractivity contribution in [3.8, 4) is 5.75 Å². The molecule has 3 unspecified atom stereocenters. The van der Waals surface area contributed by atoms with E-state index in [0.717, 1.165) is 48.2 Å². The van der Waals surface area contributed by atoms with Crippen molar-refractivity contribution in [1.82, 2.24) is 10.2 Å². The fourth-order valence-electron chi connectivity index (χ4n) is 5.43. The highest BCUT2D eigenvalue weighted by atomic mass is 16.6. The third-order valence-electron chi connectivity index (χ3n) is 7.37.